The van der Waals surface area contributed by atoms with Gasteiger partial charge in [-0.15, -0.1) is 0 Å². The molecule has 0 atom stereocenters. The van der Waals surface area contributed by atoms with Crippen LogP contribution < -0.4 is 5.73 Å². The Morgan fingerprint density at radius 1 is 1.30 bits per heavy atom. The fourth-order valence-electron chi connectivity index (χ4n) is 4.08. The van der Waals surface area contributed by atoms with Crippen molar-refractivity contribution in [3.8, 4) is 11.4 Å². The van der Waals surface area contributed by atoms with Crippen molar-refractivity contribution in [1.82, 2.24) is 9.55 Å². The highest BCUT2D eigenvalue weighted by Crippen LogP contribution is 2.55. The number of hydrogen-bond acceptors (Lipinski definition) is 2. The van der Waals surface area contributed by atoms with Crippen LogP contribution in [0.5, 0.6) is 0 Å². The Morgan fingerprint density at radius 3 is 2.70 bits per heavy atom. The van der Waals surface area contributed by atoms with Crippen LogP contribution in [-0.2, 0) is 0 Å². The minimum Gasteiger partial charge on any atom is -0.364 e. The smallest absolute Gasteiger partial charge is 0.269 e. The van der Waals surface area contributed by atoms with E-state index in [-0.39, 0.29) is 5.82 Å². The van der Waals surface area contributed by atoms with Crippen molar-refractivity contribution in [3.05, 3.63) is 39.4 Å². The van der Waals surface area contributed by atoms with Crippen LogP contribution in [0, 0.1) is 5.82 Å². The summed E-state index contributed by atoms with van der Waals surface area (Å²) >= 11 is 3.28. The van der Waals surface area contributed by atoms with Gasteiger partial charge in [-0.05, 0) is 65.2 Å². The molecule has 2 saturated carbocycles. The summed E-state index contributed by atoms with van der Waals surface area (Å²) in [5, 5.41) is 0. The quantitative estimate of drug-likeness (QED) is 0.865. The number of amides is 1. The lowest BCUT2D eigenvalue weighted by Crippen LogP contribution is -2.25. The lowest BCUT2D eigenvalue weighted by molar-refractivity contribution is 0.0994. The fraction of sp³-hybridized carbons (Fsp3) is 0.412. The first kappa shape index (κ1) is 13.7. The van der Waals surface area contributed by atoms with Crippen molar-refractivity contribution in [1.29, 1.82) is 0 Å². The fourth-order valence-corrected chi connectivity index (χ4v) is 4.42. The van der Waals surface area contributed by atoms with Gasteiger partial charge in [0.15, 0.2) is 0 Å². The number of carbonyl (C=O) groups is 1. The first-order chi connectivity index (χ1) is 11.0. The lowest BCUT2D eigenvalue weighted by atomic mass is 9.75. The van der Waals surface area contributed by atoms with Gasteiger partial charge in [0.05, 0.1) is 10.2 Å². The molecular formula is C17H15BrFN3O. The molecule has 0 spiro atoms. The zero-order valence-electron chi connectivity index (χ0n) is 12.4. The minimum atomic E-state index is -0.467. The summed E-state index contributed by atoms with van der Waals surface area (Å²) in [4.78, 5) is 16.5. The van der Waals surface area contributed by atoms with E-state index < -0.39 is 5.91 Å². The second-order valence-electron chi connectivity index (χ2n) is 6.85. The summed E-state index contributed by atoms with van der Waals surface area (Å²) in [6, 6.07) is 3.76. The molecule has 2 bridgehead atoms. The third-order valence-corrected chi connectivity index (χ3v) is 6.00. The molecule has 0 unspecified atom stereocenters. The summed E-state index contributed by atoms with van der Waals surface area (Å²) in [5.74, 6) is 0.837. The van der Waals surface area contributed by atoms with Crippen molar-refractivity contribution in [2.75, 3.05) is 0 Å². The number of primary amides is 1. The largest absolute Gasteiger partial charge is 0.364 e. The molecule has 6 heteroatoms. The number of halogens is 2. The number of nitrogens with zero attached hydrogens (tertiary/aromatic N) is 2. The minimum absolute atomic E-state index is 0.246. The second-order valence-corrected chi connectivity index (χ2v) is 7.71. The van der Waals surface area contributed by atoms with Crippen molar-refractivity contribution in [3.63, 3.8) is 0 Å². The van der Waals surface area contributed by atoms with Crippen molar-refractivity contribution in [2.24, 2.45) is 5.73 Å². The maximum Gasteiger partial charge on any atom is 0.269 e. The number of rotatable bonds is 2. The van der Waals surface area contributed by atoms with E-state index >= 15 is 0 Å². The van der Waals surface area contributed by atoms with E-state index in [1.54, 1.807) is 12.1 Å². The van der Waals surface area contributed by atoms with Gasteiger partial charge in [0.2, 0.25) is 0 Å². The maximum absolute atomic E-state index is 14.0. The highest BCUT2D eigenvalue weighted by atomic mass is 79.9. The van der Waals surface area contributed by atoms with Gasteiger partial charge >= 0.3 is 0 Å². The second kappa shape index (κ2) is 4.44. The van der Waals surface area contributed by atoms with E-state index in [1.165, 1.54) is 0 Å². The maximum atomic E-state index is 14.0. The van der Waals surface area contributed by atoms with Gasteiger partial charge in [0.1, 0.15) is 17.3 Å². The molecule has 0 radical (unpaired) electrons. The van der Waals surface area contributed by atoms with Crippen molar-refractivity contribution in [2.45, 2.75) is 43.6 Å². The number of aromatic nitrogens is 2. The number of imidazole rings is 1. The van der Waals surface area contributed by atoms with E-state index in [0.717, 1.165) is 48.3 Å². The standard InChI is InChI=1S/C17H15BrFN3O/c18-12-5-11-10(6-13(12)19)8-3-9(4-8)22-15(7-1-2-7)14(16(20)23)21-17(11)22/h5-9H,1-4H2,(H2,20,23). The van der Waals surface area contributed by atoms with Gasteiger partial charge in [-0.1, -0.05) is 0 Å². The molecule has 4 aliphatic rings. The normalized spacial score (nSPS) is 24.4. The van der Waals surface area contributed by atoms with E-state index in [4.69, 9.17) is 5.73 Å². The first-order valence-electron chi connectivity index (χ1n) is 7.95. The van der Waals surface area contributed by atoms with Crippen LogP contribution in [-0.4, -0.2) is 15.5 Å². The number of hydrogen-bond donors (Lipinski definition) is 1. The molecule has 1 aromatic carbocycles. The predicted molar refractivity (Wildman–Crippen MR) is 86.8 cm³/mol. The first-order valence-corrected chi connectivity index (χ1v) is 8.75. The Labute approximate surface area is 141 Å². The third-order valence-electron chi connectivity index (χ3n) is 5.40. The molecule has 23 heavy (non-hydrogen) atoms. The van der Waals surface area contributed by atoms with Gasteiger partial charge in [0.25, 0.3) is 5.91 Å². The highest BCUT2D eigenvalue weighted by molar-refractivity contribution is 9.10. The Balaban J connectivity index is 1.83. The Kier molecular flexibility index (Phi) is 2.65. The SMILES string of the molecule is NC(=O)c1nc2n(c1C1CC1)C1CC(C1)c1cc(F)c(Br)cc1-2. The molecule has 2 N–H and O–H groups in total. The van der Waals surface area contributed by atoms with Gasteiger partial charge in [-0.3, -0.25) is 4.79 Å². The number of benzene rings is 1. The van der Waals surface area contributed by atoms with Crippen LogP contribution in [0.15, 0.2) is 16.6 Å². The van der Waals surface area contributed by atoms with Crippen LogP contribution in [0.3, 0.4) is 0 Å². The molecule has 2 aliphatic heterocycles. The van der Waals surface area contributed by atoms with E-state index in [2.05, 4.69) is 25.5 Å². The van der Waals surface area contributed by atoms with Gasteiger partial charge in [-0.25, -0.2) is 9.37 Å². The predicted octanol–water partition coefficient (Wildman–Crippen LogP) is 3.86. The lowest BCUT2D eigenvalue weighted by Gasteiger charge is -2.35. The molecular weight excluding hydrogens is 361 g/mol. The molecule has 2 aromatic rings. The van der Waals surface area contributed by atoms with Crippen LogP contribution in [0.1, 0.15) is 65.3 Å². The highest BCUT2D eigenvalue weighted by Gasteiger charge is 2.44. The van der Waals surface area contributed by atoms with Gasteiger partial charge < -0.3 is 10.3 Å². The van der Waals surface area contributed by atoms with Crippen LogP contribution in [0.2, 0.25) is 0 Å². The van der Waals surface area contributed by atoms with Crippen LogP contribution >= 0.6 is 15.9 Å². The average Bonchev–Trinajstić information content (AvgIpc) is 3.24. The summed E-state index contributed by atoms with van der Waals surface area (Å²) < 4.78 is 16.7. The number of carbonyl (C=O) groups excluding carboxylic acids is 1. The molecule has 2 aliphatic carbocycles. The monoisotopic (exact) mass is 375 g/mol. The van der Waals surface area contributed by atoms with E-state index in [9.17, 15) is 9.18 Å². The molecule has 4 nitrogen and oxygen atoms in total. The third kappa shape index (κ3) is 1.81. The Bertz CT molecular complexity index is 865. The zero-order valence-corrected chi connectivity index (χ0v) is 13.9. The summed E-state index contributed by atoms with van der Waals surface area (Å²) in [7, 11) is 0. The molecule has 118 valence electrons. The summed E-state index contributed by atoms with van der Waals surface area (Å²) in [5.41, 5.74) is 8.92. The van der Waals surface area contributed by atoms with Crippen molar-refractivity contribution < 1.29 is 9.18 Å². The molecule has 0 saturated heterocycles. The Morgan fingerprint density at radius 2 is 2.04 bits per heavy atom. The summed E-state index contributed by atoms with van der Waals surface area (Å²) in [6.07, 6.45) is 4.13. The topological polar surface area (TPSA) is 60.9 Å². The van der Waals surface area contributed by atoms with E-state index in [1.807, 2.05) is 0 Å². The molecule has 1 aromatic heterocycles. The molecule has 1 amide bonds. The zero-order chi connectivity index (χ0) is 15.9. The van der Waals surface area contributed by atoms with Crippen LogP contribution in [0.4, 0.5) is 4.39 Å². The Hall–Kier alpha value is -1.69. The van der Waals surface area contributed by atoms with Gasteiger partial charge in [0, 0.05) is 17.5 Å². The van der Waals surface area contributed by atoms with Crippen molar-refractivity contribution >= 4 is 21.8 Å². The van der Waals surface area contributed by atoms with Gasteiger partial charge in [-0.2, -0.15) is 0 Å². The number of nitrogens with two attached hydrogens (primary N) is 1. The molecule has 3 heterocycles. The molecule has 6 rings (SSSR count). The molecule has 2 fully saturated rings. The van der Waals surface area contributed by atoms with E-state index in [0.29, 0.717) is 28.0 Å². The summed E-state index contributed by atoms with van der Waals surface area (Å²) in [6.45, 7) is 0. The average molecular weight is 376 g/mol. The van der Waals surface area contributed by atoms with Crippen LogP contribution in [0.25, 0.3) is 11.4 Å².